The maximum absolute atomic E-state index is 11.6. The molecule has 2 saturated heterocycles. The van der Waals surface area contributed by atoms with Crippen molar-refractivity contribution in [3.8, 4) is 0 Å². The van der Waals surface area contributed by atoms with Crippen LogP contribution in [-0.4, -0.2) is 69.2 Å². The lowest BCUT2D eigenvalue weighted by Crippen LogP contribution is -2.68. The molecule has 0 saturated carbocycles. The van der Waals surface area contributed by atoms with E-state index in [1.807, 2.05) is 0 Å². The normalized spacial score (nSPS) is 37.9. The molecule has 2 aliphatic rings. The van der Waals surface area contributed by atoms with Gasteiger partial charge in [0.15, 0.2) is 0 Å². The summed E-state index contributed by atoms with van der Waals surface area (Å²) in [5, 5.41) is 31.5. The van der Waals surface area contributed by atoms with Gasteiger partial charge in [0.05, 0.1) is 12.7 Å². The summed E-state index contributed by atoms with van der Waals surface area (Å²) in [6.45, 7) is 0.607. The molecule has 0 spiro atoms. The first kappa shape index (κ1) is 10.8. The topological polar surface area (TPSA) is 84.2 Å². The fourth-order valence-electron chi connectivity index (χ4n) is 2.28. The number of hydrazine groups is 1. The molecule has 0 unspecified atom stereocenters. The number of carbonyl (C=O) groups excluding carboxylic acids is 1. The minimum atomic E-state index is -1.06. The lowest BCUT2D eigenvalue weighted by Gasteiger charge is -2.49. The highest BCUT2D eigenvalue weighted by atomic mass is 16.3. The number of amides is 1. The number of rotatable bonds is 1. The van der Waals surface area contributed by atoms with Crippen LogP contribution in [0.25, 0.3) is 0 Å². The molecular formula is C9H16N2O4. The van der Waals surface area contributed by atoms with Crippen molar-refractivity contribution < 1.29 is 20.1 Å². The summed E-state index contributed by atoms with van der Waals surface area (Å²) >= 11 is 0. The van der Waals surface area contributed by atoms with Crippen molar-refractivity contribution in [2.24, 2.45) is 0 Å². The molecule has 3 atom stereocenters. The molecule has 2 aliphatic heterocycles. The van der Waals surface area contributed by atoms with E-state index in [0.29, 0.717) is 13.0 Å². The molecule has 0 radical (unpaired) electrons. The first-order chi connectivity index (χ1) is 7.15. The molecule has 2 rings (SSSR count). The van der Waals surface area contributed by atoms with E-state index in [9.17, 15) is 15.0 Å². The van der Waals surface area contributed by atoms with Crippen LogP contribution in [0.5, 0.6) is 0 Å². The summed E-state index contributed by atoms with van der Waals surface area (Å²) in [5.74, 6) is -0.0914. The summed E-state index contributed by atoms with van der Waals surface area (Å²) in [7, 11) is 0. The van der Waals surface area contributed by atoms with Crippen LogP contribution in [0.1, 0.15) is 12.8 Å². The second kappa shape index (κ2) is 4.05. The fourth-order valence-corrected chi connectivity index (χ4v) is 2.28. The number of hydrogen-bond acceptors (Lipinski definition) is 5. The SMILES string of the molecule is O=C1CCCN2C[C@@H](O)[C@H](O)[C@@H](CO)N12. The Hall–Kier alpha value is -0.690. The Balaban J connectivity index is 2.21. The molecule has 0 aliphatic carbocycles. The van der Waals surface area contributed by atoms with Crippen LogP contribution < -0.4 is 0 Å². The van der Waals surface area contributed by atoms with Crippen molar-refractivity contribution in [1.82, 2.24) is 10.0 Å². The Morgan fingerprint density at radius 3 is 2.80 bits per heavy atom. The Bertz CT molecular complexity index is 260. The predicted octanol–water partition coefficient (Wildman–Crippen LogP) is -2.08. The maximum Gasteiger partial charge on any atom is 0.237 e. The van der Waals surface area contributed by atoms with Gasteiger partial charge in [-0.2, -0.15) is 0 Å². The summed E-state index contributed by atoms with van der Waals surface area (Å²) in [6, 6.07) is -0.707. The van der Waals surface area contributed by atoms with E-state index in [1.54, 1.807) is 5.01 Å². The molecule has 6 heteroatoms. The third-order valence-electron chi connectivity index (χ3n) is 3.05. The molecule has 86 valence electrons. The fraction of sp³-hybridized carbons (Fsp3) is 0.889. The van der Waals surface area contributed by atoms with Crippen molar-refractivity contribution in [1.29, 1.82) is 0 Å². The number of hydrogen-bond donors (Lipinski definition) is 3. The van der Waals surface area contributed by atoms with Gasteiger partial charge in [-0.1, -0.05) is 0 Å². The summed E-state index contributed by atoms with van der Waals surface area (Å²) in [4.78, 5) is 11.6. The molecule has 2 heterocycles. The van der Waals surface area contributed by atoms with E-state index < -0.39 is 18.2 Å². The van der Waals surface area contributed by atoms with Crippen molar-refractivity contribution in [3.05, 3.63) is 0 Å². The van der Waals surface area contributed by atoms with Gasteiger partial charge in [-0.05, 0) is 6.42 Å². The van der Waals surface area contributed by atoms with Gasteiger partial charge in [0.2, 0.25) is 5.91 Å². The highest BCUT2D eigenvalue weighted by Crippen LogP contribution is 2.24. The van der Waals surface area contributed by atoms with Crippen LogP contribution in [0.3, 0.4) is 0 Å². The smallest absolute Gasteiger partial charge is 0.237 e. The number of nitrogens with zero attached hydrogens (tertiary/aromatic N) is 2. The summed E-state index contributed by atoms with van der Waals surface area (Å²) in [6.07, 6.45) is -0.760. The van der Waals surface area contributed by atoms with Crippen LogP contribution in [0.15, 0.2) is 0 Å². The van der Waals surface area contributed by atoms with E-state index in [2.05, 4.69) is 0 Å². The molecule has 0 aromatic rings. The van der Waals surface area contributed by atoms with Gasteiger partial charge in [0.25, 0.3) is 0 Å². The van der Waals surface area contributed by atoms with Gasteiger partial charge in [0.1, 0.15) is 12.1 Å². The summed E-state index contributed by atoms with van der Waals surface area (Å²) in [5.41, 5.74) is 0. The number of aliphatic hydroxyl groups excluding tert-OH is 3. The minimum Gasteiger partial charge on any atom is -0.394 e. The van der Waals surface area contributed by atoms with Crippen molar-refractivity contribution >= 4 is 5.91 Å². The number of fused-ring (bicyclic) bond motifs is 1. The highest BCUT2D eigenvalue weighted by Gasteiger charge is 2.43. The third kappa shape index (κ3) is 1.74. The van der Waals surface area contributed by atoms with E-state index in [1.165, 1.54) is 5.01 Å². The van der Waals surface area contributed by atoms with Gasteiger partial charge in [-0.25, -0.2) is 5.01 Å². The van der Waals surface area contributed by atoms with E-state index in [0.717, 1.165) is 6.42 Å². The lowest BCUT2D eigenvalue weighted by molar-refractivity contribution is -0.207. The van der Waals surface area contributed by atoms with Crippen LogP contribution in [0.4, 0.5) is 0 Å². The van der Waals surface area contributed by atoms with Gasteiger partial charge in [-0.3, -0.25) is 9.80 Å². The Kier molecular flexibility index (Phi) is 2.92. The largest absolute Gasteiger partial charge is 0.394 e. The Morgan fingerprint density at radius 2 is 2.13 bits per heavy atom. The molecule has 0 aromatic heterocycles. The van der Waals surface area contributed by atoms with Crippen LogP contribution in [0.2, 0.25) is 0 Å². The van der Waals surface area contributed by atoms with Crippen molar-refractivity contribution in [2.45, 2.75) is 31.1 Å². The second-order valence-electron chi connectivity index (χ2n) is 4.06. The zero-order valence-corrected chi connectivity index (χ0v) is 8.41. The molecule has 15 heavy (non-hydrogen) atoms. The van der Waals surface area contributed by atoms with Gasteiger partial charge in [-0.15, -0.1) is 0 Å². The molecule has 6 nitrogen and oxygen atoms in total. The second-order valence-corrected chi connectivity index (χ2v) is 4.06. The predicted molar refractivity (Wildman–Crippen MR) is 50.5 cm³/mol. The number of carbonyl (C=O) groups is 1. The summed E-state index contributed by atoms with van der Waals surface area (Å²) < 4.78 is 0. The zero-order valence-electron chi connectivity index (χ0n) is 8.41. The third-order valence-corrected chi connectivity index (χ3v) is 3.05. The first-order valence-electron chi connectivity index (χ1n) is 5.19. The lowest BCUT2D eigenvalue weighted by atomic mass is 10.00. The minimum absolute atomic E-state index is 0.0914. The van der Waals surface area contributed by atoms with E-state index in [-0.39, 0.29) is 19.1 Å². The molecule has 3 N–H and O–H groups in total. The molecular weight excluding hydrogens is 200 g/mol. The first-order valence-corrected chi connectivity index (χ1v) is 5.19. The van der Waals surface area contributed by atoms with Gasteiger partial charge in [0, 0.05) is 19.5 Å². The monoisotopic (exact) mass is 216 g/mol. The highest BCUT2D eigenvalue weighted by molar-refractivity contribution is 5.76. The standard InChI is InChI=1S/C9H16N2O4/c12-5-6-9(15)7(13)4-10-3-1-2-8(14)11(6)10/h6-7,9,12-13,15H,1-5H2/t6-,7-,9-/m1/s1. The molecule has 2 fully saturated rings. The van der Waals surface area contributed by atoms with Crippen LogP contribution in [0, 0.1) is 0 Å². The van der Waals surface area contributed by atoms with Crippen LogP contribution in [-0.2, 0) is 4.79 Å². The van der Waals surface area contributed by atoms with Gasteiger partial charge >= 0.3 is 0 Å². The average Bonchev–Trinajstić information content (AvgIpc) is 2.21. The van der Waals surface area contributed by atoms with Crippen molar-refractivity contribution in [2.75, 3.05) is 19.7 Å². The van der Waals surface area contributed by atoms with Gasteiger partial charge < -0.3 is 15.3 Å². The average molecular weight is 216 g/mol. The van der Waals surface area contributed by atoms with E-state index >= 15 is 0 Å². The molecule has 0 bridgehead atoms. The van der Waals surface area contributed by atoms with E-state index in [4.69, 9.17) is 5.11 Å². The Labute approximate surface area is 87.7 Å². The molecule has 1 amide bonds. The molecule has 0 aromatic carbocycles. The van der Waals surface area contributed by atoms with Crippen LogP contribution >= 0.6 is 0 Å². The van der Waals surface area contributed by atoms with Crippen molar-refractivity contribution in [3.63, 3.8) is 0 Å². The maximum atomic E-state index is 11.6. The number of aliphatic hydroxyl groups is 3. The quantitative estimate of drug-likeness (QED) is 0.468. The zero-order chi connectivity index (χ0) is 11.0. The Morgan fingerprint density at radius 1 is 1.40 bits per heavy atom.